The fourth-order valence-electron chi connectivity index (χ4n) is 1.72. The van der Waals surface area contributed by atoms with E-state index in [4.69, 9.17) is 5.26 Å². The minimum absolute atomic E-state index is 0.0584. The molecule has 98 valence electrons. The Bertz CT molecular complexity index is 705. The van der Waals surface area contributed by atoms with Crippen LogP contribution in [0.5, 0.6) is 0 Å². The molecule has 1 heterocycles. The molecule has 0 bridgehead atoms. The van der Waals surface area contributed by atoms with Gasteiger partial charge in [0.25, 0.3) is 0 Å². The number of hydrogen-bond donors (Lipinski definition) is 0. The Balaban J connectivity index is 2.46. The molecule has 0 fully saturated rings. The van der Waals surface area contributed by atoms with Crippen LogP contribution < -0.4 is 0 Å². The molecule has 0 aliphatic heterocycles. The molecule has 0 saturated heterocycles. The van der Waals surface area contributed by atoms with Crippen LogP contribution in [-0.4, -0.2) is 4.98 Å². The summed E-state index contributed by atoms with van der Waals surface area (Å²) in [5.74, 6) is 6.06. The van der Waals surface area contributed by atoms with E-state index in [1.54, 1.807) is 6.07 Å². The third-order valence-electron chi connectivity index (χ3n) is 2.88. The van der Waals surface area contributed by atoms with E-state index in [0.717, 1.165) is 11.3 Å². The quantitative estimate of drug-likeness (QED) is 0.678. The summed E-state index contributed by atoms with van der Waals surface area (Å²) in [6.45, 7) is 6.28. The summed E-state index contributed by atoms with van der Waals surface area (Å²) in [5, 5.41) is 9.15. The predicted molar refractivity (Wildman–Crippen MR) is 80.1 cm³/mol. The number of benzene rings is 1. The van der Waals surface area contributed by atoms with Crippen LogP contribution in [0.15, 0.2) is 42.5 Å². The van der Waals surface area contributed by atoms with Crippen molar-refractivity contribution in [2.24, 2.45) is 0 Å². The molecular formula is C18H16N2. The van der Waals surface area contributed by atoms with Gasteiger partial charge in [0.15, 0.2) is 0 Å². The average Bonchev–Trinajstić information content (AvgIpc) is 2.45. The van der Waals surface area contributed by atoms with Gasteiger partial charge in [-0.05, 0) is 30.2 Å². The molecule has 0 radical (unpaired) electrons. The van der Waals surface area contributed by atoms with Crippen LogP contribution in [0.4, 0.5) is 0 Å². The van der Waals surface area contributed by atoms with Crippen molar-refractivity contribution in [3.05, 3.63) is 65.0 Å². The Hall–Kier alpha value is -2.58. The molecule has 0 saturated carbocycles. The highest BCUT2D eigenvalue weighted by Gasteiger charge is 2.16. The first-order valence-corrected chi connectivity index (χ1v) is 6.49. The first-order chi connectivity index (χ1) is 9.50. The predicted octanol–water partition coefficient (Wildman–Crippen LogP) is 3.65. The van der Waals surface area contributed by atoms with Gasteiger partial charge in [-0.2, -0.15) is 5.26 Å². The van der Waals surface area contributed by atoms with Crippen LogP contribution in [0.25, 0.3) is 0 Å². The lowest BCUT2D eigenvalue weighted by atomic mass is 9.91. The van der Waals surface area contributed by atoms with Crippen molar-refractivity contribution in [2.45, 2.75) is 26.2 Å². The van der Waals surface area contributed by atoms with Crippen molar-refractivity contribution in [3.63, 3.8) is 0 Å². The molecule has 0 amide bonds. The van der Waals surface area contributed by atoms with Crippen LogP contribution in [0.2, 0.25) is 0 Å². The molecule has 2 rings (SSSR count). The Morgan fingerprint density at radius 3 is 2.25 bits per heavy atom. The topological polar surface area (TPSA) is 36.7 Å². The van der Waals surface area contributed by atoms with E-state index in [0.29, 0.717) is 11.3 Å². The van der Waals surface area contributed by atoms with Crippen molar-refractivity contribution in [1.29, 1.82) is 5.26 Å². The highest BCUT2D eigenvalue weighted by atomic mass is 14.7. The van der Waals surface area contributed by atoms with Crippen molar-refractivity contribution in [3.8, 4) is 17.9 Å². The SMILES string of the molecule is CC(C)(C)c1ccc(C#N)c(C#Cc2ccccc2)n1. The lowest BCUT2D eigenvalue weighted by molar-refractivity contribution is 0.568. The Kier molecular flexibility index (Phi) is 3.87. The maximum Gasteiger partial charge on any atom is 0.131 e. The number of nitrogens with zero attached hydrogens (tertiary/aromatic N) is 2. The fraction of sp³-hybridized carbons (Fsp3) is 0.222. The fourth-order valence-corrected chi connectivity index (χ4v) is 1.72. The van der Waals surface area contributed by atoms with Crippen LogP contribution in [-0.2, 0) is 5.41 Å². The van der Waals surface area contributed by atoms with E-state index in [2.05, 4.69) is 43.7 Å². The highest BCUT2D eigenvalue weighted by Crippen LogP contribution is 2.21. The van der Waals surface area contributed by atoms with E-state index < -0.39 is 0 Å². The zero-order valence-electron chi connectivity index (χ0n) is 11.9. The van der Waals surface area contributed by atoms with E-state index >= 15 is 0 Å². The lowest BCUT2D eigenvalue weighted by Gasteiger charge is -2.17. The van der Waals surface area contributed by atoms with E-state index in [1.165, 1.54) is 0 Å². The van der Waals surface area contributed by atoms with Crippen molar-refractivity contribution >= 4 is 0 Å². The van der Waals surface area contributed by atoms with Crippen LogP contribution >= 0.6 is 0 Å². The van der Waals surface area contributed by atoms with Gasteiger partial charge in [0, 0.05) is 16.7 Å². The van der Waals surface area contributed by atoms with Gasteiger partial charge in [0.1, 0.15) is 11.8 Å². The smallest absolute Gasteiger partial charge is 0.131 e. The molecule has 1 aromatic carbocycles. The zero-order valence-corrected chi connectivity index (χ0v) is 11.9. The van der Waals surface area contributed by atoms with E-state index in [9.17, 15) is 0 Å². The van der Waals surface area contributed by atoms with Crippen LogP contribution in [0, 0.1) is 23.2 Å². The minimum Gasteiger partial charge on any atom is -0.242 e. The van der Waals surface area contributed by atoms with E-state index in [1.807, 2.05) is 36.4 Å². The summed E-state index contributed by atoms with van der Waals surface area (Å²) < 4.78 is 0. The number of hydrogen-bond acceptors (Lipinski definition) is 2. The molecule has 0 aliphatic rings. The Labute approximate surface area is 120 Å². The standard InChI is InChI=1S/C18H16N2/c1-18(2,3)17-12-10-15(13-19)16(20-17)11-9-14-7-5-4-6-8-14/h4-8,10,12H,1-3H3. The van der Waals surface area contributed by atoms with Crippen LogP contribution in [0.1, 0.15) is 43.3 Å². The third kappa shape index (κ3) is 3.25. The Morgan fingerprint density at radius 2 is 1.65 bits per heavy atom. The Morgan fingerprint density at radius 1 is 0.950 bits per heavy atom. The summed E-state index contributed by atoms with van der Waals surface area (Å²) in [6, 6.07) is 15.5. The largest absolute Gasteiger partial charge is 0.242 e. The molecule has 0 spiro atoms. The molecule has 2 aromatic rings. The van der Waals surface area contributed by atoms with Gasteiger partial charge < -0.3 is 0 Å². The van der Waals surface area contributed by atoms with Gasteiger partial charge in [-0.3, -0.25) is 0 Å². The molecule has 0 N–H and O–H groups in total. The molecule has 1 aromatic heterocycles. The summed E-state index contributed by atoms with van der Waals surface area (Å²) in [7, 11) is 0. The van der Waals surface area contributed by atoms with Gasteiger partial charge in [-0.25, -0.2) is 4.98 Å². The maximum atomic E-state index is 9.15. The summed E-state index contributed by atoms with van der Waals surface area (Å²) in [5.41, 5.74) is 2.86. The second kappa shape index (κ2) is 5.59. The minimum atomic E-state index is -0.0584. The van der Waals surface area contributed by atoms with E-state index in [-0.39, 0.29) is 5.41 Å². The molecular weight excluding hydrogens is 244 g/mol. The van der Waals surface area contributed by atoms with Crippen molar-refractivity contribution in [1.82, 2.24) is 4.98 Å². The zero-order chi connectivity index (χ0) is 14.6. The normalized spacial score (nSPS) is 10.3. The average molecular weight is 260 g/mol. The lowest BCUT2D eigenvalue weighted by Crippen LogP contribution is -2.14. The number of nitriles is 1. The monoisotopic (exact) mass is 260 g/mol. The van der Waals surface area contributed by atoms with Gasteiger partial charge in [-0.1, -0.05) is 44.9 Å². The maximum absolute atomic E-state index is 9.15. The van der Waals surface area contributed by atoms with Gasteiger partial charge in [0.2, 0.25) is 0 Å². The second-order valence-corrected chi connectivity index (χ2v) is 5.57. The molecule has 0 atom stereocenters. The second-order valence-electron chi connectivity index (χ2n) is 5.57. The molecule has 20 heavy (non-hydrogen) atoms. The molecule has 2 heteroatoms. The molecule has 2 nitrogen and oxygen atoms in total. The summed E-state index contributed by atoms with van der Waals surface area (Å²) in [6.07, 6.45) is 0. The summed E-state index contributed by atoms with van der Waals surface area (Å²) >= 11 is 0. The highest BCUT2D eigenvalue weighted by molar-refractivity contribution is 5.48. The van der Waals surface area contributed by atoms with Gasteiger partial charge >= 0.3 is 0 Å². The van der Waals surface area contributed by atoms with Gasteiger partial charge in [0.05, 0.1) is 5.56 Å². The summed E-state index contributed by atoms with van der Waals surface area (Å²) in [4.78, 5) is 4.53. The van der Waals surface area contributed by atoms with Crippen molar-refractivity contribution in [2.75, 3.05) is 0 Å². The number of rotatable bonds is 0. The molecule has 0 unspecified atom stereocenters. The first-order valence-electron chi connectivity index (χ1n) is 6.49. The molecule has 0 aliphatic carbocycles. The number of aromatic nitrogens is 1. The van der Waals surface area contributed by atoms with Crippen molar-refractivity contribution < 1.29 is 0 Å². The van der Waals surface area contributed by atoms with Crippen LogP contribution in [0.3, 0.4) is 0 Å². The first kappa shape index (κ1) is 13.8. The van der Waals surface area contributed by atoms with Gasteiger partial charge in [-0.15, -0.1) is 0 Å². The third-order valence-corrected chi connectivity index (χ3v) is 2.88. The number of pyridine rings is 1.